The van der Waals surface area contributed by atoms with Gasteiger partial charge in [0, 0.05) is 5.92 Å². The van der Waals surface area contributed by atoms with Crippen LogP contribution in [-0.2, 0) is 11.3 Å². The van der Waals surface area contributed by atoms with Crippen molar-refractivity contribution in [3.63, 3.8) is 0 Å². The Balaban J connectivity index is 2.41. The van der Waals surface area contributed by atoms with Gasteiger partial charge >= 0.3 is 0 Å². The molecule has 1 heterocycles. The first-order valence-corrected chi connectivity index (χ1v) is 5.79. The maximum atomic E-state index is 11.7. The summed E-state index contributed by atoms with van der Waals surface area (Å²) in [6.07, 6.45) is 0.909. The zero-order chi connectivity index (χ0) is 12.1. The van der Waals surface area contributed by atoms with Crippen LogP contribution in [0.2, 0.25) is 0 Å². The number of likely N-dealkylation sites (N-methyl/N-ethyl adjacent to an activating group) is 1. The van der Waals surface area contributed by atoms with Gasteiger partial charge in [-0.1, -0.05) is 13.8 Å². The van der Waals surface area contributed by atoms with Crippen LogP contribution in [0.5, 0.6) is 0 Å². The third-order valence-electron chi connectivity index (χ3n) is 2.81. The maximum absolute atomic E-state index is 11.7. The Bertz CT molecular complexity index is 343. The highest BCUT2D eigenvalue weighted by Gasteiger charge is 2.13. The molecule has 90 valence electrons. The lowest BCUT2D eigenvalue weighted by Crippen LogP contribution is -2.28. The van der Waals surface area contributed by atoms with Crippen molar-refractivity contribution in [3.05, 3.63) is 23.7 Å². The van der Waals surface area contributed by atoms with E-state index in [9.17, 15) is 4.79 Å². The lowest BCUT2D eigenvalue weighted by atomic mass is 10.0. The molecule has 0 saturated heterocycles. The summed E-state index contributed by atoms with van der Waals surface area (Å²) in [5.41, 5.74) is 0. The first kappa shape index (κ1) is 13.0. The van der Waals surface area contributed by atoms with Crippen molar-refractivity contribution in [2.75, 3.05) is 13.6 Å². The fraction of sp³-hybridized carbons (Fsp3) is 0.615. The van der Waals surface area contributed by atoms with Crippen molar-refractivity contribution in [3.8, 4) is 0 Å². The maximum Gasteiger partial charge on any atom is 0.149 e. The highest BCUT2D eigenvalue weighted by molar-refractivity contribution is 5.82. The van der Waals surface area contributed by atoms with Crippen molar-refractivity contribution in [2.45, 2.75) is 33.7 Å². The molecule has 0 aliphatic heterocycles. The molecule has 0 aliphatic rings. The SMILES string of the molecule is CCC(C)C(=O)CN(C)Cc1ccc(C)o1. The Labute approximate surface area is 97.4 Å². The third kappa shape index (κ3) is 3.81. The summed E-state index contributed by atoms with van der Waals surface area (Å²) in [5, 5.41) is 0. The van der Waals surface area contributed by atoms with Gasteiger partial charge in [-0.3, -0.25) is 9.69 Å². The van der Waals surface area contributed by atoms with Gasteiger partial charge in [-0.05, 0) is 32.5 Å². The summed E-state index contributed by atoms with van der Waals surface area (Å²) in [5.74, 6) is 2.28. The number of carbonyl (C=O) groups excluding carboxylic acids is 1. The fourth-order valence-electron chi connectivity index (χ4n) is 1.54. The van der Waals surface area contributed by atoms with E-state index in [0.717, 1.165) is 17.9 Å². The van der Waals surface area contributed by atoms with E-state index in [-0.39, 0.29) is 5.92 Å². The van der Waals surface area contributed by atoms with Crippen molar-refractivity contribution in [1.29, 1.82) is 0 Å². The van der Waals surface area contributed by atoms with Crippen molar-refractivity contribution >= 4 is 5.78 Å². The number of furan rings is 1. The van der Waals surface area contributed by atoms with Crippen LogP contribution in [0.15, 0.2) is 16.5 Å². The summed E-state index contributed by atoms with van der Waals surface area (Å²) >= 11 is 0. The highest BCUT2D eigenvalue weighted by atomic mass is 16.3. The van der Waals surface area contributed by atoms with E-state index in [0.29, 0.717) is 18.9 Å². The standard InChI is InChI=1S/C13H21NO2/c1-5-10(2)13(15)9-14(4)8-12-7-6-11(3)16-12/h6-7,10H,5,8-9H2,1-4H3. The quantitative estimate of drug-likeness (QED) is 0.743. The molecule has 1 atom stereocenters. The average Bonchev–Trinajstić information content (AvgIpc) is 2.62. The van der Waals surface area contributed by atoms with Crippen LogP contribution < -0.4 is 0 Å². The smallest absolute Gasteiger partial charge is 0.149 e. The van der Waals surface area contributed by atoms with Gasteiger partial charge in [0.2, 0.25) is 0 Å². The second kappa shape index (κ2) is 5.85. The molecule has 1 rings (SSSR count). The molecule has 0 aliphatic carbocycles. The van der Waals surface area contributed by atoms with Crippen LogP contribution in [0.1, 0.15) is 31.8 Å². The second-order valence-corrected chi connectivity index (χ2v) is 4.46. The molecular weight excluding hydrogens is 202 g/mol. The molecule has 0 fully saturated rings. The summed E-state index contributed by atoms with van der Waals surface area (Å²) in [7, 11) is 1.94. The minimum Gasteiger partial charge on any atom is -0.465 e. The van der Waals surface area contributed by atoms with Crippen LogP contribution >= 0.6 is 0 Å². The molecule has 3 nitrogen and oxygen atoms in total. The molecular formula is C13H21NO2. The highest BCUT2D eigenvalue weighted by Crippen LogP contribution is 2.09. The molecule has 0 N–H and O–H groups in total. The molecule has 1 aromatic heterocycles. The molecule has 1 unspecified atom stereocenters. The molecule has 0 amide bonds. The van der Waals surface area contributed by atoms with E-state index >= 15 is 0 Å². The first-order valence-electron chi connectivity index (χ1n) is 5.79. The number of hydrogen-bond donors (Lipinski definition) is 0. The van der Waals surface area contributed by atoms with Crippen LogP contribution in [0.25, 0.3) is 0 Å². The van der Waals surface area contributed by atoms with Crippen molar-refractivity contribution in [2.24, 2.45) is 5.92 Å². The Kier molecular flexibility index (Phi) is 4.74. The summed E-state index contributed by atoms with van der Waals surface area (Å²) in [6, 6.07) is 3.90. The summed E-state index contributed by atoms with van der Waals surface area (Å²) < 4.78 is 5.47. The van der Waals surface area contributed by atoms with Crippen molar-refractivity contribution < 1.29 is 9.21 Å². The van der Waals surface area contributed by atoms with Crippen LogP contribution in [0.3, 0.4) is 0 Å². The first-order chi connectivity index (χ1) is 7.52. The zero-order valence-electron chi connectivity index (χ0n) is 10.6. The van der Waals surface area contributed by atoms with Gasteiger partial charge in [0.05, 0.1) is 13.1 Å². The molecule has 0 spiro atoms. The van der Waals surface area contributed by atoms with Gasteiger partial charge in [-0.15, -0.1) is 0 Å². The van der Waals surface area contributed by atoms with Gasteiger partial charge in [-0.2, -0.15) is 0 Å². The number of carbonyl (C=O) groups is 1. The van der Waals surface area contributed by atoms with E-state index < -0.39 is 0 Å². The largest absolute Gasteiger partial charge is 0.465 e. The lowest BCUT2D eigenvalue weighted by Gasteiger charge is -2.16. The predicted octanol–water partition coefficient (Wildman–Crippen LogP) is 2.64. The van der Waals surface area contributed by atoms with Gasteiger partial charge < -0.3 is 4.42 Å². The van der Waals surface area contributed by atoms with Gasteiger partial charge in [0.25, 0.3) is 0 Å². The average molecular weight is 223 g/mol. The van der Waals surface area contributed by atoms with E-state index in [1.165, 1.54) is 0 Å². The third-order valence-corrected chi connectivity index (χ3v) is 2.81. The fourth-order valence-corrected chi connectivity index (χ4v) is 1.54. The van der Waals surface area contributed by atoms with Gasteiger partial charge in [-0.25, -0.2) is 0 Å². The van der Waals surface area contributed by atoms with Crippen molar-refractivity contribution in [1.82, 2.24) is 4.90 Å². The Morgan fingerprint density at radius 2 is 2.19 bits per heavy atom. The number of rotatable bonds is 6. The van der Waals surface area contributed by atoms with E-state index in [1.807, 2.05) is 44.9 Å². The lowest BCUT2D eigenvalue weighted by molar-refractivity contribution is -0.123. The van der Waals surface area contributed by atoms with Crippen LogP contribution in [-0.4, -0.2) is 24.3 Å². The summed E-state index contributed by atoms with van der Waals surface area (Å²) in [4.78, 5) is 13.7. The number of aryl methyl sites for hydroxylation is 1. The molecule has 16 heavy (non-hydrogen) atoms. The zero-order valence-corrected chi connectivity index (χ0v) is 10.6. The molecule has 0 bridgehead atoms. The Hall–Kier alpha value is -1.09. The second-order valence-electron chi connectivity index (χ2n) is 4.46. The van der Waals surface area contributed by atoms with Crippen LogP contribution in [0.4, 0.5) is 0 Å². The number of hydrogen-bond acceptors (Lipinski definition) is 3. The number of ketones is 1. The Morgan fingerprint density at radius 3 is 2.69 bits per heavy atom. The number of Topliss-reactive ketones (excluding diaryl/α,β-unsaturated/α-hetero) is 1. The Morgan fingerprint density at radius 1 is 1.50 bits per heavy atom. The monoisotopic (exact) mass is 223 g/mol. The minimum absolute atomic E-state index is 0.154. The molecule has 1 aromatic rings. The van der Waals surface area contributed by atoms with Crippen LogP contribution in [0, 0.1) is 12.8 Å². The molecule has 3 heteroatoms. The van der Waals surface area contributed by atoms with E-state index in [4.69, 9.17) is 4.42 Å². The minimum atomic E-state index is 0.154. The van der Waals surface area contributed by atoms with E-state index in [1.54, 1.807) is 0 Å². The topological polar surface area (TPSA) is 33.5 Å². The van der Waals surface area contributed by atoms with E-state index in [2.05, 4.69) is 0 Å². The number of nitrogens with zero attached hydrogens (tertiary/aromatic N) is 1. The normalized spacial score (nSPS) is 13.1. The molecule has 0 radical (unpaired) electrons. The predicted molar refractivity (Wildman–Crippen MR) is 64.2 cm³/mol. The van der Waals surface area contributed by atoms with Gasteiger partial charge in [0.15, 0.2) is 0 Å². The molecule has 0 aromatic carbocycles. The molecule has 0 saturated carbocycles. The summed E-state index contributed by atoms with van der Waals surface area (Å²) in [6.45, 7) is 7.13. The van der Waals surface area contributed by atoms with Gasteiger partial charge in [0.1, 0.15) is 17.3 Å².